The highest BCUT2D eigenvalue weighted by Crippen LogP contribution is 2.22. The standard InChI is InChI=1S/C13H13IN2O2S/c1-7-6-19-13(15-7)8(2)16-12(18)9-3-4-10(14)11(17)5-9/h3-6,8,17H,1-2H3,(H,16,18). The summed E-state index contributed by atoms with van der Waals surface area (Å²) in [7, 11) is 0. The van der Waals surface area contributed by atoms with Gasteiger partial charge in [0.2, 0.25) is 0 Å². The quantitative estimate of drug-likeness (QED) is 0.794. The number of thiazole rings is 1. The van der Waals surface area contributed by atoms with Crippen LogP contribution in [0.15, 0.2) is 23.6 Å². The van der Waals surface area contributed by atoms with Crippen LogP contribution in [0.3, 0.4) is 0 Å². The first-order chi connectivity index (χ1) is 8.97. The average molecular weight is 388 g/mol. The zero-order chi connectivity index (χ0) is 14.0. The number of hydrogen-bond donors (Lipinski definition) is 2. The molecule has 100 valence electrons. The van der Waals surface area contributed by atoms with Crippen LogP contribution in [0.25, 0.3) is 0 Å². The van der Waals surface area contributed by atoms with Crippen LogP contribution in [0.5, 0.6) is 5.75 Å². The van der Waals surface area contributed by atoms with E-state index in [2.05, 4.69) is 10.3 Å². The summed E-state index contributed by atoms with van der Waals surface area (Å²) in [5.41, 5.74) is 1.39. The second kappa shape index (κ2) is 5.87. The van der Waals surface area contributed by atoms with Crippen molar-refractivity contribution in [1.82, 2.24) is 10.3 Å². The highest BCUT2D eigenvalue weighted by molar-refractivity contribution is 14.1. The van der Waals surface area contributed by atoms with Gasteiger partial charge in [-0.15, -0.1) is 11.3 Å². The number of benzene rings is 1. The third-order valence-electron chi connectivity index (χ3n) is 2.56. The first-order valence-corrected chi connectivity index (χ1v) is 7.64. The second-order valence-corrected chi connectivity index (χ2v) is 6.24. The van der Waals surface area contributed by atoms with Gasteiger partial charge in [-0.2, -0.15) is 0 Å². The summed E-state index contributed by atoms with van der Waals surface area (Å²) in [6.07, 6.45) is 0. The first-order valence-electron chi connectivity index (χ1n) is 5.69. The van der Waals surface area contributed by atoms with E-state index in [0.29, 0.717) is 5.56 Å². The summed E-state index contributed by atoms with van der Waals surface area (Å²) in [6.45, 7) is 3.81. The highest BCUT2D eigenvalue weighted by atomic mass is 127. The van der Waals surface area contributed by atoms with Gasteiger partial charge in [0.1, 0.15) is 10.8 Å². The van der Waals surface area contributed by atoms with E-state index in [1.54, 1.807) is 12.1 Å². The lowest BCUT2D eigenvalue weighted by Crippen LogP contribution is -2.26. The molecule has 6 heteroatoms. The minimum atomic E-state index is -0.216. The predicted molar refractivity (Wildman–Crippen MR) is 83.6 cm³/mol. The average Bonchev–Trinajstić information content (AvgIpc) is 2.79. The molecule has 0 saturated carbocycles. The Morgan fingerprint density at radius 3 is 2.84 bits per heavy atom. The summed E-state index contributed by atoms with van der Waals surface area (Å²) in [6, 6.07) is 4.73. The predicted octanol–water partition coefficient (Wildman–Crippen LogP) is 3.25. The third-order valence-corrected chi connectivity index (χ3v) is 4.62. The van der Waals surface area contributed by atoms with Crippen LogP contribution in [-0.4, -0.2) is 16.0 Å². The Kier molecular flexibility index (Phi) is 4.41. The maximum absolute atomic E-state index is 12.1. The number of aromatic nitrogens is 1. The van der Waals surface area contributed by atoms with E-state index in [0.717, 1.165) is 14.3 Å². The van der Waals surface area contributed by atoms with Gasteiger partial charge in [-0.05, 0) is 54.6 Å². The molecule has 0 bridgehead atoms. The summed E-state index contributed by atoms with van der Waals surface area (Å²) in [5.74, 6) is -0.0990. The smallest absolute Gasteiger partial charge is 0.251 e. The number of phenolic OH excluding ortho intramolecular Hbond substituents is 1. The molecule has 1 atom stereocenters. The monoisotopic (exact) mass is 388 g/mol. The number of phenols is 1. The molecule has 1 aromatic heterocycles. The Morgan fingerprint density at radius 1 is 1.53 bits per heavy atom. The van der Waals surface area contributed by atoms with Gasteiger partial charge in [-0.1, -0.05) is 0 Å². The second-order valence-electron chi connectivity index (χ2n) is 4.19. The topological polar surface area (TPSA) is 62.2 Å². The summed E-state index contributed by atoms with van der Waals surface area (Å²) < 4.78 is 0.720. The SMILES string of the molecule is Cc1csc(C(C)NC(=O)c2ccc(I)c(O)c2)n1. The van der Waals surface area contributed by atoms with Crippen molar-refractivity contribution in [2.45, 2.75) is 19.9 Å². The molecule has 0 aliphatic rings. The van der Waals surface area contributed by atoms with Gasteiger partial charge >= 0.3 is 0 Å². The molecule has 1 heterocycles. The number of hydrogen-bond acceptors (Lipinski definition) is 4. The van der Waals surface area contributed by atoms with Gasteiger partial charge in [-0.3, -0.25) is 4.79 Å². The fourth-order valence-corrected chi connectivity index (χ4v) is 2.71. The van der Waals surface area contributed by atoms with Crippen molar-refractivity contribution in [3.05, 3.63) is 43.4 Å². The molecule has 1 aromatic carbocycles. The van der Waals surface area contributed by atoms with Crippen LogP contribution in [-0.2, 0) is 0 Å². The first kappa shape index (κ1) is 14.3. The van der Waals surface area contributed by atoms with E-state index in [4.69, 9.17) is 0 Å². The molecule has 2 N–H and O–H groups in total. The molecule has 2 rings (SSSR count). The van der Waals surface area contributed by atoms with Crippen LogP contribution < -0.4 is 5.32 Å². The van der Waals surface area contributed by atoms with Crippen LogP contribution in [0, 0.1) is 10.5 Å². The molecule has 0 aliphatic heterocycles. The van der Waals surface area contributed by atoms with Crippen LogP contribution in [0.2, 0.25) is 0 Å². The Balaban J connectivity index is 2.10. The van der Waals surface area contributed by atoms with Crippen LogP contribution >= 0.6 is 33.9 Å². The molecule has 0 saturated heterocycles. The van der Waals surface area contributed by atoms with E-state index in [-0.39, 0.29) is 17.7 Å². The fourth-order valence-electron chi connectivity index (χ4n) is 1.57. The maximum Gasteiger partial charge on any atom is 0.251 e. The number of amides is 1. The van der Waals surface area contributed by atoms with Gasteiger partial charge in [0, 0.05) is 16.6 Å². The highest BCUT2D eigenvalue weighted by Gasteiger charge is 2.14. The lowest BCUT2D eigenvalue weighted by atomic mass is 10.2. The molecule has 0 aliphatic carbocycles. The summed E-state index contributed by atoms with van der Waals surface area (Å²) in [5, 5.41) is 15.3. The molecule has 2 aromatic rings. The van der Waals surface area contributed by atoms with Gasteiger partial charge in [0.25, 0.3) is 5.91 Å². The molecule has 19 heavy (non-hydrogen) atoms. The largest absolute Gasteiger partial charge is 0.507 e. The molecule has 4 nitrogen and oxygen atoms in total. The number of carbonyl (C=O) groups excluding carboxylic acids is 1. The van der Waals surface area contributed by atoms with Crippen LogP contribution in [0.1, 0.15) is 34.0 Å². The molecule has 0 radical (unpaired) electrons. The van der Waals surface area contributed by atoms with Crippen molar-refractivity contribution in [3.8, 4) is 5.75 Å². The maximum atomic E-state index is 12.1. The zero-order valence-electron chi connectivity index (χ0n) is 10.5. The van der Waals surface area contributed by atoms with Gasteiger partial charge in [0.05, 0.1) is 9.61 Å². The lowest BCUT2D eigenvalue weighted by molar-refractivity contribution is 0.0939. The van der Waals surface area contributed by atoms with Crippen LogP contribution in [0.4, 0.5) is 0 Å². The molecule has 0 fully saturated rings. The van der Waals surface area contributed by atoms with Gasteiger partial charge < -0.3 is 10.4 Å². The van der Waals surface area contributed by atoms with E-state index in [9.17, 15) is 9.90 Å². The lowest BCUT2D eigenvalue weighted by Gasteiger charge is -2.11. The zero-order valence-corrected chi connectivity index (χ0v) is 13.4. The number of halogens is 1. The van der Waals surface area contributed by atoms with Crippen molar-refractivity contribution in [3.63, 3.8) is 0 Å². The Hall–Kier alpha value is -1.15. The van der Waals surface area contributed by atoms with E-state index in [1.807, 2.05) is 41.8 Å². The normalized spacial score (nSPS) is 12.2. The Bertz CT molecular complexity index is 612. The molecule has 1 amide bonds. The number of aryl methyl sites for hydroxylation is 1. The Labute approximate surface area is 129 Å². The number of rotatable bonds is 3. The van der Waals surface area contributed by atoms with Gasteiger partial charge in [-0.25, -0.2) is 4.98 Å². The summed E-state index contributed by atoms with van der Waals surface area (Å²) in [4.78, 5) is 16.4. The van der Waals surface area contributed by atoms with E-state index < -0.39 is 0 Å². The Morgan fingerprint density at radius 2 is 2.26 bits per heavy atom. The number of aromatic hydroxyl groups is 1. The molecule has 0 spiro atoms. The van der Waals surface area contributed by atoms with Crippen molar-refractivity contribution in [2.75, 3.05) is 0 Å². The number of carbonyl (C=O) groups is 1. The number of nitrogens with zero attached hydrogens (tertiary/aromatic N) is 1. The third kappa shape index (κ3) is 3.44. The van der Waals surface area contributed by atoms with Crippen molar-refractivity contribution < 1.29 is 9.90 Å². The van der Waals surface area contributed by atoms with E-state index in [1.165, 1.54) is 17.4 Å². The van der Waals surface area contributed by atoms with Crippen molar-refractivity contribution in [2.24, 2.45) is 0 Å². The number of nitrogens with one attached hydrogen (secondary N) is 1. The molecular weight excluding hydrogens is 375 g/mol. The summed E-state index contributed by atoms with van der Waals surface area (Å²) >= 11 is 3.54. The molecule has 1 unspecified atom stereocenters. The van der Waals surface area contributed by atoms with Crippen molar-refractivity contribution in [1.29, 1.82) is 0 Å². The van der Waals surface area contributed by atoms with Crippen molar-refractivity contribution >= 4 is 39.8 Å². The minimum absolute atomic E-state index is 0.117. The molecular formula is C13H13IN2O2S. The van der Waals surface area contributed by atoms with Gasteiger partial charge in [0.15, 0.2) is 0 Å². The van der Waals surface area contributed by atoms with E-state index >= 15 is 0 Å². The fraction of sp³-hybridized carbons (Fsp3) is 0.231. The minimum Gasteiger partial charge on any atom is -0.507 e.